The molecule has 0 unspecified atom stereocenters. The van der Waals surface area contributed by atoms with E-state index in [0.717, 1.165) is 53.5 Å². The van der Waals surface area contributed by atoms with E-state index in [1.54, 1.807) is 0 Å². The zero-order valence-corrected chi connectivity index (χ0v) is 18.0. The molecule has 31 heavy (non-hydrogen) atoms. The van der Waals surface area contributed by atoms with Crippen LogP contribution >= 0.6 is 0 Å². The van der Waals surface area contributed by atoms with Gasteiger partial charge >= 0.3 is 0 Å². The number of aromatic nitrogens is 2. The van der Waals surface area contributed by atoms with Crippen molar-refractivity contribution >= 4 is 11.6 Å². The SMILES string of the molecule is CC1(C)Cc2cccc(OCC(=O)Nc3ccc(-c4cn5c(n4)CCCC5)cc3)c2O1. The summed E-state index contributed by atoms with van der Waals surface area (Å²) in [6.07, 6.45) is 6.42. The molecular formula is C25H27N3O3. The second-order valence-corrected chi connectivity index (χ2v) is 8.89. The molecule has 3 heterocycles. The quantitative estimate of drug-likeness (QED) is 0.658. The number of hydrogen-bond donors (Lipinski definition) is 1. The van der Waals surface area contributed by atoms with Crippen LogP contribution in [0, 0.1) is 0 Å². The maximum absolute atomic E-state index is 12.4. The van der Waals surface area contributed by atoms with Crippen molar-refractivity contribution in [2.24, 2.45) is 0 Å². The Morgan fingerprint density at radius 3 is 2.84 bits per heavy atom. The third-order valence-electron chi connectivity index (χ3n) is 5.79. The molecule has 0 aliphatic carbocycles. The summed E-state index contributed by atoms with van der Waals surface area (Å²) >= 11 is 0. The van der Waals surface area contributed by atoms with Gasteiger partial charge in [-0.2, -0.15) is 0 Å². The van der Waals surface area contributed by atoms with E-state index in [0.29, 0.717) is 5.75 Å². The molecule has 0 radical (unpaired) electrons. The molecule has 0 bridgehead atoms. The molecule has 6 heteroatoms. The first kappa shape index (κ1) is 19.7. The Morgan fingerprint density at radius 2 is 2.03 bits per heavy atom. The lowest BCUT2D eigenvalue weighted by Crippen LogP contribution is -2.25. The maximum atomic E-state index is 12.4. The minimum atomic E-state index is -0.250. The van der Waals surface area contributed by atoms with Gasteiger partial charge in [0.15, 0.2) is 18.1 Å². The first-order chi connectivity index (χ1) is 15.0. The average molecular weight is 418 g/mol. The highest BCUT2D eigenvalue weighted by Gasteiger charge is 2.32. The van der Waals surface area contributed by atoms with Crippen molar-refractivity contribution in [3.63, 3.8) is 0 Å². The topological polar surface area (TPSA) is 65.4 Å². The zero-order chi connectivity index (χ0) is 21.4. The number of amides is 1. The first-order valence-electron chi connectivity index (χ1n) is 10.9. The van der Waals surface area contributed by atoms with Crippen LogP contribution in [0.15, 0.2) is 48.7 Å². The summed E-state index contributed by atoms with van der Waals surface area (Å²) in [5.41, 5.74) is 3.63. The van der Waals surface area contributed by atoms with Crippen molar-refractivity contribution < 1.29 is 14.3 Å². The number of imidazole rings is 1. The Labute approximate surface area is 182 Å². The standard InChI is InChI=1S/C25H27N3O3/c1-25(2)14-18-6-5-7-21(24(18)31-25)30-16-23(29)26-19-11-9-17(10-12-19)20-15-28-13-4-3-8-22(28)27-20/h5-7,9-12,15H,3-4,8,13-14,16H2,1-2H3,(H,26,29). The van der Waals surface area contributed by atoms with Crippen LogP contribution in [0.4, 0.5) is 5.69 Å². The second kappa shape index (κ2) is 7.76. The molecule has 160 valence electrons. The molecule has 0 saturated heterocycles. The van der Waals surface area contributed by atoms with E-state index >= 15 is 0 Å². The lowest BCUT2D eigenvalue weighted by molar-refractivity contribution is -0.118. The largest absolute Gasteiger partial charge is 0.483 e. The molecule has 5 rings (SSSR count). The van der Waals surface area contributed by atoms with Crippen LogP contribution in [-0.2, 0) is 24.2 Å². The maximum Gasteiger partial charge on any atom is 0.262 e. The Kier molecular flexibility index (Phi) is 4.93. The van der Waals surface area contributed by atoms with Crippen LogP contribution in [0.1, 0.15) is 38.1 Å². The third kappa shape index (κ3) is 4.15. The number of ether oxygens (including phenoxy) is 2. The summed E-state index contributed by atoms with van der Waals surface area (Å²) in [7, 11) is 0. The van der Waals surface area contributed by atoms with Crippen molar-refractivity contribution in [3.05, 3.63) is 60.0 Å². The van der Waals surface area contributed by atoms with Gasteiger partial charge in [-0.3, -0.25) is 4.79 Å². The van der Waals surface area contributed by atoms with Crippen LogP contribution in [0.25, 0.3) is 11.3 Å². The molecule has 6 nitrogen and oxygen atoms in total. The fourth-order valence-corrected chi connectivity index (χ4v) is 4.32. The average Bonchev–Trinajstić information content (AvgIpc) is 3.32. The molecule has 2 aliphatic rings. The number of anilines is 1. The van der Waals surface area contributed by atoms with E-state index in [4.69, 9.17) is 14.5 Å². The molecule has 1 amide bonds. The number of benzene rings is 2. The summed E-state index contributed by atoms with van der Waals surface area (Å²) in [6.45, 7) is 5.07. The Morgan fingerprint density at radius 1 is 1.19 bits per heavy atom. The van der Waals surface area contributed by atoms with Gasteiger partial charge in [-0.25, -0.2) is 4.98 Å². The first-order valence-corrected chi connectivity index (χ1v) is 10.9. The van der Waals surface area contributed by atoms with E-state index in [1.807, 2.05) is 56.3 Å². The number of fused-ring (bicyclic) bond motifs is 2. The second-order valence-electron chi connectivity index (χ2n) is 8.89. The normalized spacial score (nSPS) is 16.2. The highest BCUT2D eigenvalue weighted by molar-refractivity contribution is 5.92. The molecule has 0 atom stereocenters. The van der Waals surface area contributed by atoms with Crippen molar-refractivity contribution in [3.8, 4) is 22.8 Å². The van der Waals surface area contributed by atoms with Gasteiger partial charge in [-0.05, 0) is 44.9 Å². The molecule has 3 aromatic rings. The minimum Gasteiger partial charge on any atom is -0.483 e. The van der Waals surface area contributed by atoms with E-state index in [1.165, 1.54) is 12.8 Å². The smallest absolute Gasteiger partial charge is 0.262 e. The summed E-state index contributed by atoms with van der Waals surface area (Å²) in [6, 6.07) is 13.6. The van der Waals surface area contributed by atoms with Crippen molar-refractivity contribution in [1.82, 2.24) is 9.55 Å². The van der Waals surface area contributed by atoms with Gasteiger partial charge in [0, 0.05) is 42.4 Å². The minimum absolute atomic E-state index is 0.0737. The van der Waals surface area contributed by atoms with Crippen molar-refractivity contribution in [2.45, 2.75) is 51.7 Å². The number of nitrogens with zero attached hydrogens (tertiary/aromatic N) is 2. The predicted molar refractivity (Wildman–Crippen MR) is 120 cm³/mol. The van der Waals surface area contributed by atoms with Gasteiger partial charge in [0.1, 0.15) is 11.4 Å². The molecule has 2 aromatic carbocycles. The van der Waals surface area contributed by atoms with Crippen LogP contribution in [-0.4, -0.2) is 27.7 Å². The Bertz CT molecular complexity index is 1090. The monoisotopic (exact) mass is 417 g/mol. The zero-order valence-electron chi connectivity index (χ0n) is 18.0. The molecule has 0 spiro atoms. The number of hydrogen-bond acceptors (Lipinski definition) is 4. The van der Waals surface area contributed by atoms with Gasteiger partial charge < -0.3 is 19.4 Å². The molecule has 0 saturated carbocycles. The van der Waals surface area contributed by atoms with Crippen LogP contribution in [0.5, 0.6) is 11.5 Å². The van der Waals surface area contributed by atoms with Gasteiger partial charge in [0.2, 0.25) is 0 Å². The Balaban J connectivity index is 1.20. The lowest BCUT2D eigenvalue weighted by Gasteiger charge is -2.18. The summed E-state index contributed by atoms with van der Waals surface area (Å²) < 4.78 is 14.0. The fraction of sp³-hybridized carbons (Fsp3) is 0.360. The van der Waals surface area contributed by atoms with Crippen molar-refractivity contribution in [2.75, 3.05) is 11.9 Å². The lowest BCUT2D eigenvalue weighted by atomic mass is 10.0. The predicted octanol–water partition coefficient (Wildman–Crippen LogP) is 4.62. The number of nitrogens with one attached hydrogen (secondary N) is 1. The highest BCUT2D eigenvalue weighted by atomic mass is 16.5. The number of rotatable bonds is 5. The van der Waals surface area contributed by atoms with Gasteiger partial charge in [0.25, 0.3) is 5.91 Å². The van der Waals surface area contributed by atoms with E-state index < -0.39 is 0 Å². The third-order valence-corrected chi connectivity index (χ3v) is 5.79. The van der Waals surface area contributed by atoms with Crippen LogP contribution < -0.4 is 14.8 Å². The molecule has 1 N–H and O–H groups in total. The molecule has 0 fully saturated rings. The van der Waals surface area contributed by atoms with E-state index in [2.05, 4.69) is 16.1 Å². The van der Waals surface area contributed by atoms with E-state index in [9.17, 15) is 4.79 Å². The fourth-order valence-electron chi connectivity index (χ4n) is 4.32. The summed E-state index contributed by atoms with van der Waals surface area (Å²) in [4.78, 5) is 17.2. The number of carbonyl (C=O) groups is 1. The van der Waals surface area contributed by atoms with Gasteiger partial charge in [-0.15, -0.1) is 0 Å². The molecule has 2 aliphatic heterocycles. The van der Waals surface area contributed by atoms with Crippen LogP contribution in [0.3, 0.4) is 0 Å². The van der Waals surface area contributed by atoms with Gasteiger partial charge in [0.05, 0.1) is 5.69 Å². The van der Waals surface area contributed by atoms with Gasteiger partial charge in [-0.1, -0.05) is 24.3 Å². The summed E-state index contributed by atoms with van der Waals surface area (Å²) in [5.74, 6) is 2.31. The molecular weight excluding hydrogens is 390 g/mol. The van der Waals surface area contributed by atoms with Crippen LogP contribution in [0.2, 0.25) is 0 Å². The number of carbonyl (C=O) groups excluding carboxylic acids is 1. The number of aryl methyl sites for hydroxylation is 2. The highest BCUT2D eigenvalue weighted by Crippen LogP contribution is 2.41. The molecule has 1 aromatic heterocycles. The number of para-hydroxylation sites is 1. The Hall–Kier alpha value is -3.28. The van der Waals surface area contributed by atoms with Crippen molar-refractivity contribution in [1.29, 1.82) is 0 Å². The summed E-state index contributed by atoms with van der Waals surface area (Å²) in [5, 5.41) is 2.89. The van der Waals surface area contributed by atoms with E-state index in [-0.39, 0.29) is 18.1 Å².